The van der Waals surface area contributed by atoms with Gasteiger partial charge in [-0.1, -0.05) is 78.3 Å². The molecular weight excluding hydrogens is 615 g/mol. The first-order valence-corrected chi connectivity index (χ1v) is 20.1. The van der Waals surface area contributed by atoms with Gasteiger partial charge in [0.05, 0.1) is 30.3 Å². The first-order chi connectivity index (χ1) is 20.6. The normalized spacial score (nSPS) is 20.5. The highest BCUT2D eigenvalue weighted by molar-refractivity contribution is 7.99. The molecule has 0 saturated carbocycles. The van der Waals surface area contributed by atoms with Crippen LogP contribution in [0, 0.1) is 12.8 Å². The van der Waals surface area contributed by atoms with Gasteiger partial charge in [-0.05, 0) is 71.5 Å². The summed E-state index contributed by atoms with van der Waals surface area (Å²) in [6, 6.07) is 14.8. The van der Waals surface area contributed by atoms with Crippen LogP contribution in [0.2, 0.25) is 16.6 Å². The zero-order valence-corrected chi connectivity index (χ0v) is 30.0. The average molecular weight is 666 g/mol. The van der Waals surface area contributed by atoms with Gasteiger partial charge in [0.2, 0.25) is 8.32 Å². The Morgan fingerprint density at radius 1 is 0.955 bits per heavy atom. The number of aryl methyl sites for hydroxylation is 1. The molecule has 0 radical (unpaired) electrons. The van der Waals surface area contributed by atoms with Gasteiger partial charge in [-0.15, -0.1) is 11.8 Å². The lowest BCUT2D eigenvalue weighted by Gasteiger charge is -2.49. The summed E-state index contributed by atoms with van der Waals surface area (Å²) in [5.41, 5.74) is 2.92. The number of hydrogen-bond acceptors (Lipinski definition) is 7. The van der Waals surface area contributed by atoms with Gasteiger partial charge in [0.15, 0.2) is 0 Å². The number of β-amino-alcohol motifs (C(OH)–C–C–N with tert-alkyl or cyclic N) is 1. The SMILES string of the molecule is Cc1ccc(S(=O)(=O)OCC(C)CCSc2ccc([C@@H]3[C@@H](O)CN(C(=O)O)C[C@H]3O[Si](C(C)C)(C(C)C)C(C)C)cc2)cc1. The zero-order chi connectivity index (χ0) is 32.8. The van der Waals surface area contributed by atoms with E-state index >= 15 is 0 Å². The van der Waals surface area contributed by atoms with Crippen molar-refractivity contribution in [3.63, 3.8) is 0 Å². The number of aliphatic hydroxyl groups excluding tert-OH is 1. The van der Waals surface area contributed by atoms with E-state index in [4.69, 9.17) is 8.61 Å². The standard InChI is InChI=1S/C33H51NO7S2Si/c1-22(2)44(23(3)4,24(5)6)41-31-20-34(33(36)37)19-30(35)32(31)27-11-13-28(14-12-27)42-18-17-26(8)21-40-43(38,39)29-15-9-25(7)10-16-29/h9-16,22-24,26,30-32,35H,17-21H2,1-8H3,(H,36,37)/t26?,30-,31+,32+/m0/s1. The minimum absolute atomic E-state index is 0.0511. The summed E-state index contributed by atoms with van der Waals surface area (Å²) in [6.07, 6.45) is -1.58. The maximum Gasteiger partial charge on any atom is 0.407 e. The fraction of sp³-hybridized carbons (Fsp3) is 0.606. The van der Waals surface area contributed by atoms with Gasteiger partial charge in [-0.3, -0.25) is 4.18 Å². The largest absolute Gasteiger partial charge is 0.465 e. The van der Waals surface area contributed by atoms with Crippen molar-refractivity contribution < 1.29 is 32.0 Å². The number of carbonyl (C=O) groups is 1. The highest BCUT2D eigenvalue weighted by Gasteiger charge is 2.50. The van der Waals surface area contributed by atoms with Crippen molar-refractivity contribution in [1.82, 2.24) is 4.90 Å². The number of carboxylic acid groups (broad SMARTS) is 1. The van der Waals surface area contributed by atoms with E-state index in [1.165, 1.54) is 4.90 Å². The van der Waals surface area contributed by atoms with Crippen molar-refractivity contribution in [2.24, 2.45) is 5.92 Å². The average Bonchev–Trinajstić information content (AvgIpc) is 2.94. The quantitative estimate of drug-likeness (QED) is 0.121. The third-order valence-electron chi connectivity index (χ3n) is 8.92. The molecule has 1 fully saturated rings. The molecule has 2 N–H and O–H groups in total. The number of amides is 1. The van der Waals surface area contributed by atoms with E-state index in [1.54, 1.807) is 36.0 Å². The van der Waals surface area contributed by atoms with Crippen molar-refractivity contribution >= 4 is 36.3 Å². The molecule has 0 aromatic heterocycles. The van der Waals surface area contributed by atoms with E-state index in [2.05, 4.69) is 41.5 Å². The van der Waals surface area contributed by atoms with E-state index in [1.807, 2.05) is 38.1 Å². The van der Waals surface area contributed by atoms with E-state index < -0.39 is 36.7 Å². The molecule has 1 unspecified atom stereocenters. The second kappa shape index (κ2) is 15.6. The summed E-state index contributed by atoms with van der Waals surface area (Å²) in [5.74, 6) is 0.521. The Morgan fingerprint density at radius 3 is 2.05 bits per heavy atom. The topological polar surface area (TPSA) is 113 Å². The van der Waals surface area contributed by atoms with E-state index in [-0.39, 0.29) is 36.4 Å². The minimum atomic E-state index is -3.78. The van der Waals surface area contributed by atoms with Gasteiger partial charge in [0, 0.05) is 17.4 Å². The molecule has 246 valence electrons. The lowest BCUT2D eigenvalue weighted by atomic mass is 9.85. The van der Waals surface area contributed by atoms with Crippen molar-refractivity contribution in [3.05, 3.63) is 59.7 Å². The Kier molecular flexibility index (Phi) is 13.0. The van der Waals surface area contributed by atoms with Crippen LogP contribution < -0.4 is 0 Å². The maximum atomic E-state index is 12.5. The fourth-order valence-corrected chi connectivity index (χ4v) is 14.3. The Bertz CT molecular complexity index is 1290. The van der Waals surface area contributed by atoms with Crippen LogP contribution in [0.4, 0.5) is 4.79 Å². The molecule has 1 amide bonds. The molecule has 3 rings (SSSR count). The van der Waals surface area contributed by atoms with Crippen LogP contribution in [0.15, 0.2) is 58.3 Å². The molecule has 1 aliphatic rings. The summed E-state index contributed by atoms with van der Waals surface area (Å²) in [6.45, 7) is 17.5. The van der Waals surface area contributed by atoms with Crippen molar-refractivity contribution in [2.45, 2.75) is 106 Å². The highest BCUT2D eigenvalue weighted by atomic mass is 32.2. The van der Waals surface area contributed by atoms with Crippen LogP contribution in [0.5, 0.6) is 0 Å². The molecule has 0 spiro atoms. The Morgan fingerprint density at radius 2 is 1.52 bits per heavy atom. The maximum absolute atomic E-state index is 12.5. The predicted molar refractivity (Wildman–Crippen MR) is 180 cm³/mol. The molecule has 11 heteroatoms. The van der Waals surface area contributed by atoms with Gasteiger partial charge >= 0.3 is 6.09 Å². The third-order valence-corrected chi connectivity index (χ3v) is 17.4. The smallest absolute Gasteiger partial charge is 0.407 e. The molecule has 0 aliphatic carbocycles. The van der Waals surface area contributed by atoms with Crippen molar-refractivity contribution in [1.29, 1.82) is 0 Å². The number of aliphatic hydroxyl groups is 1. The number of benzene rings is 2. The number of nitrogens with zero attached hydrogens (tertiary/aromatic N) is 1. The lowest BCUT2D eigenvalue weighted by molar-refractivity contribution is -0.0190. The molecule has 0 bridgehead atoms. The minimum Gasteiger partial charge on any atom is -0.465 e. The molecule has 1 heterocycles. The van der Waals surface area contributed by atoms with Gasteiger partial charge in [0.25, 0.3) is 10.1 Å². The molecule has 4 atom stereocenters. The number of rotatable bonds is 14. The number of likely N-dealkylation sites (tertiary alicyclic amines) is 1. The van der Waals surface area contributed by atoms with Crippen LogP contribution in [0.3, 0.4) is 0 Å². The summed E-state index contributed by atoms with van der Waals surface area (Å²) in [4.78, 5) is 14.5. The molecule has 44 heavy (non-hydrogen) atoms. The summed E-state index contributed by atoms with van der Waals surface area (Å²) in [7, 11) is -6.13. The Balaban J connectivity index is 1.66. The summed E-state index contributed by atoms with van der Waals surface area (Å²) in [5, 5.41) is 21.0. The molecule has 2 aromatic carbocycles. The second-order valence-electron chi connectivity index (χ2n) is 13.1. The Labute approximate surface area is 269 Å². The van der Waals surface area contributed by atoms with Crippen LogP contribution in [-0.4, -0.2) is 75.6 Å². The summed E-state index contributed by atoms with van der Waals surface area (Å²) < 4.78 is 37.4. The Hall–Kier alpha value is -1.89. The fourth-order valence-electron chi connectivity index (χ4n) is 6.59. The molecule has 1 saturated heterocycles. The van der Waals surface area contributed by atoms with E-state index in [0.717, 1.165) is 28.2 Å². The second-order valence-corrected chi connectivity index (χ2v) is 21.3. The highest BCUT2D eigenvalue weighted by Crippen LogP contribution is 2.45. The van der Waals surface area contributed by atoms with Crippen molar-refractivity contribution in [3.8, 4) is 0 Å². The van der Waals surface area contributed by atoms with Crippen molar-refractivity contribution in [2.75, 3.05) is 25.4 Å². The predicted octanol–water partition coefficient (Wildman–Crippen LogP) is 7.52. The van der Waals surface area contributed by atoms with Gasteiger partial charge in [0.1, 0.15) is 0 Å². The van der Waals surface area contributed by atoms with Gasteiger partial charge in [-0.25, -0.2) is 4.79 Å². The monoisotopic (exact) mass is 665 g/mol. The van der Waals surface area contributed by atoms with Gasteiger partial charge < -0.3 is 19.5 Å². The first kappa shape index (κ1) is 36.6. The van der Waals surface area contributed by atoms with E-state index in [9.17, 15) is 23.4 Å². The number of hydrogen-bond donors (Lipinski definition) is 2. The molecule has 1 aliphatic heterocycles. The first-order valence-electron chi connectivity index (χ1n) is 15.6. The van der Waals surface area contributed by atoms with Crippen LogP contribution >= 0.6 is 11.8 Å². The van der Waals surface area contributed by atoms with Crippen LogP contribution in [-0.2, 0) is 18.7 Å². The molecule has 2 aromatic rings. The summed E-state index contributed by atoms with van der Waals surface area (Å²) >= 11 is 1.69. The zero-order valence-electron chi connectivity index (χ0n) is 27.4. The van der Waals surface area contributed by atoms with Gasteiger partial charge in [-0.2, -0.15) is 8.42 Å². The number of piperidine rings is 1. The number of thioether (sulfide) groups is 1. The third kappa shape index (κ3) is 8.88. The van der Waals surface area contributed by atoms with E-state index in [0.29, 0.717) is 16.6 Å². The molecule has 8 nitrogen and oxygen atoms in total. The van der Waals surface area contributed by atoms with Crippen LogP contribution in [0.1, 0.15) is 71.9 Å². The van der Waals surface area contributed by atoms with Crippen LogP contribution in [0.25, 0.3) is 0 Å². The molecular formula is C33H51NO7S2Si. The lowest BCUT2D eigenvalue weighted by Crippen LogP contribution is -2.59.